The number of nitrogens with one attached hydrogen (secondary N) is 1. The van der Waals surface area contributed by atoms with E-state index in [1.807, 2.05) is 67.2 Å². The molecular formula is C18H15N3OS. The highest BCUT2D eigenvalue weighted by Gasteiger charge is 2.09. The molecule has 0 atom stereocenters. The van der Waals surface area contributed by atoms with E-state index in [1.165, 1.54) is 0 Å². The number of nitrogens with zero attached hydrogens (tertiary/aromatic N) is 2. The van der Waals surface area contributed by atoms with Crippen LogP contribution in [0.3, 0.4) is 0 Å². The Morgan fingerprint density at radius 2 is 2.04 bits per heavy atom. The van der Waals surface area contributed by atoms with E-state index in [9.17, 15) is 4.79 Å². The van der Waals surface area contributed by atoms with Crippen LogP contribution in [-0.4, -0.2) is 15.5 Å². The third-order valence-corrected chi connectivity index (χ3v) is 4.85. The predicted octanol–water partition coefficient (Wildman–Crippen LogP) is 4.35. The normalized spacial score (nSPS) is 11.2. The number of thiazole rings is 1. The van der Waals surface area contributed by atoms with E-state index in [-0.39, 0.29) is 5.91 Å². The maximum atomic E-state index is 12.5. The molecule has 0 fully saturated rings. The van der Waals surface area contributed by atoms with Crippen LogP contribution in [0.4, 0.5) is 5.69 Å². The van der Waals surface area contributed by atoms with E-state index < -0.39 is 0 Å². The molecule has 1 amide bonds. The third kappa shape index (κ3) is 2.49. The van der Waals surface area contributed by atoms with Gasteiger partial charge in [0, 0.05) is 30.0 Å². The number of hydrogen-bond acceptors (Lipinski definition) is 3. The minimum Gasteiger partial charge on any atom is -0.351 e. The zero-order valence-electron chi connectivity index (χ0n) is 12.8. The third-order valence-electron chi connectivity index (χ3n) is 3.90. The number of hydrogen-bond donors (Lipinski definition) is 1. The molecule has 0 aliphatic rings. The van der Waals surface area contributed by atoms with Crippen molar-refractivity contribution in [2.75, 3.05) is 5.32 Å². The van der Waals surface area contributed by atoms with Crippen LogP contribution in [-0.2, 0) is 7.05 Å². The lowest BCUT2D eigenvalue weighted by Gasteiger charge is -2.06. The summed E-state index contributed by atoms with van der Waals surface area (Å²) in [7, 11) is 1.97. The molecule has 1 N–H and O–H groups in total. The molecule has 4 rings (SSSR count). The van der Waals surface area contributed by atoms with Gasteiger partial charge in [-0.2, -0.15) is 0 Å². The van der Waals surface area contributed by atoms with Gasteiger partial charge in [0.15, 0.2) is 0 Å². The van der Waals surface area contributed by atoms with E-state index in [2.05, 4.69) is 10.3 Å². The summed E-state index contributed by atoms with van der Waals surface area (Å²) in [5.41, 5.74) is 3.38. The van der Waals surface area contributed by atoms with Crippen molar-refractivity contribution >= 4 is 44.1 Å². The maximum Gasteiger partial charge on any atom is 0.255 e. The molecule has 0 spiro atoms. The fraction of sp³-hybridized carbons (Fsp3) is 0.111. The van der Waals surface area contributed by atoms with Crippen molar-refractivity contribution in [3.63, 3.8) is 0 Å². The van der Waals surface area contributed by atoms with Crippen LogP contribution < -0.4 is 5.32 Å². The Hall–Kier alpha value is -2.66. The van der Waals surface area contributed by atoms with E-state index in [0.29, 0.717) is 5.56 Å². The molecular weight excluding hydrogens is 306 g/mol. The zero-order chi connectivity index (χ0) is 16.0. The predicted molar refractivity (Wildman–Crippen MR) is 95.2 cm³/mol. The van der Waals surface area contributed by atoms with Gasteiger partial charge in [-0.1, -0.05) is 6.07 Å². The van der Waals surface area contributed by atoms with Gasteiger partial charge in [-0.3, -0.25) is 4.79 Å². The van der Waals surface area contributed by atoms with Crippen LogP contribution in [0.2, 0.25) is 0 Å². The minimum absolute atomic E-state index is 0.112. The van der Waals surface area contributed by atoms with Gasteiger partial charge < -0.3 is 9.88 Å². The number of carbonyl (C=O) groups is 1. The van der Waals surface area contributed by atoms with Crippen LogP contribution in [0, 0.1) is 6.92 Å². The lowest BCUT2D eigenvalue weighted by Crippen LogP contribution is -2.11. The first-order valence-corrected chi connectivity index (χ1v) is 8.15. The Labute approximate surface area is 137 Å². The summed E-state index contributed by atoms with van der Waals surface area (Å²) in [4.78, 5) is 17.0. The van der Waals surface area contributed by atoms with Gasteiger partial charge in [0.25, 0.3) is 5.91 Å². The molecule has 0 aliphatic carbocycles. The van der Waals surface area contributed by atoms with E-state index in [0.717, 1.165) is 31.8 Å². The number of carbonyl (C=O) groups excluding carboxylic acids is 1. The molecule has 0 aliphatic heterocycles. The molecule has 0 radical (unpaired) electrons. The molecule has 0 unspecified atom stereocenters. The number of aromatic nitrogens is 2. The van der Waals surface area contributed by atoms with Crippen LogP contribution in [0.25, 0.3) is 21.1 Å². The summed E-state index contributed by atoms with van der Waals surface area (Å²) in [6, 6.07) is 13.6. The Balaban J connectivity index is 1.65. The monoisotopic (exact) mass is 321 g/mol. The van der Waals surface area contributed by atoms with Gasteiger partial charge >= 0.3 is 0 Å². The molecule has 2 heterocycles. The first-order valence-electron chi connectivity index (χ1n) is 7.34. The topological polar surface area (TPSA) is 46.9 Å². The lowest BCUT2D eigenvalue weighted by molar-refractivity contribution is 0.102. The Morgan fingerprint density at radius 1 is 1.17 bits per heavy atom. The highest BCUT2D eigenvalue weighted by atomic mass is 32.1. The summed E-state index contributed by atoms with van der Waals surface area (Å²) in [5, 5.41) is 5.11. The summed E-state index contributed by atoms with van der Waals surface area (Å²) in [6.07, 6.45) is 1.99. The number of amides is 1. The average Bonchev–Trinajstić information content (AvgIpc) is 3.09. The van der Waals surface area contributed by atoms with Crippen molar-refractivity contribution in [2.45, 2.75) is 6.92 Å². The number of anilines is 1. The Morgan fingerprint density at radius 3 is 2.91 bits per heavy atom. The van der Waals surface area contributed by atoms with Crippen LogP contribution in [0.1, 0.15) is 15.4 Å². The minimum atomic E-state index is -0.112. The quantitative estimate of drug-likeness (QED) is 0.596. The zero-order valence-corrected chi connectivity index (χ0v) is 13.6. The molecule has 4 aromatic rings. The first kappa shape index (κ1) is 14.0. The van der Waals surface area contributed by atoms with E-state index in [4.69, 9.17) is 0 Å². The Bertz CT molecular complexity index is 1040. The highest BCUT2D eigenvalue weighted by molar-refractivity contribution is 7.18. The fourth-order valence-electron chi connectivity index (χ4n) is 2.73. The van der Waals surface area contributed by atoms with Crippen molar-refractivity contribution < 1.29 is 4.79 Å². The number of benzene rings is 2. The summed E-state index contributed by atoms with van der Waals surface area (Å²) >= 11 is 1.65. The molecule has 0 bridgehead atoms. The molecule has 5 heteroatoms. The smallest absolute Gasteiger partial charge is 0.255 e. The van der Waals surface area contributed by atoms with Gasteiger partial charge in [-0.05, 0) is 48.7 Å². The van der Waals surface area contributed by atoms with E-state index in [1.54, 1.807) is 11.3 Å². The number of rotatable bonds is 2. The second-order valence-electron chi connectivity index (χ2n) is 5.57. The standard InChI is InChI=1S/C18H15N3OS/c1-11-19-15-10-14(5-6-17(15)23-11)20-18(22)13-4-3-12-7-8-21(2)16(12)9-13/h3-10H,1-2H3,(H,20,22). The molecule has 0 saturated heterocycles. The first-order chi connectivity index (χ1) is 11.1. The summed E-state index contributed by atoms with van der Waals surface area (Å²) < 4.78 is 3.14. The Kier molecular flexibility index (Phi) is 3.16. The molecule has 0 saturated carbocycles. The van der Waals surface area contributed by atoms with Crippen LogP contribution >= 0.6 is 11.3 Å². The van der Waals surface area contributed by atoms with Crippen molar-refractivity contribution in [3.05, 3.63) is 59.2 Å². The lowest BCUT2D eigenvalue weighted by atomic mass is 10.1. The van der Waals surface area contributed by atoms with E-state index >= 15 is 0 Å². The van der Waals surface area contributed by atoms with Gasteiger partial charge in [0.2, 0.25) is 0 Å². The number of fused-ring (bicyclic) bond motifs is 2. The van der Waals surface area contributed by atoms with Gasteiger partial charge in [0.05, 0.1) is 15.2 Å². The molecule has 114 valence electrons. The summed E-state index contributed by atoms with van der Waals surface area (Å²) in [6.45, 7) is 1.98. The molecule has 2 aromatic heterocycles. The number of aryl methyl sites for hydroxylation is 2. The maximum absolute atomic E-state index is 12.5. The van der Waals surface area contributed by atoms with Crippen molar-refractivity contribution in [1.29, 1.82) is 0 Å². The largest absolute Gasteiger partial charge is 0.351 e. The van der Waals surface area contributed by atoms with Gasteiger partial charge in [0.1, 0.15) is 0 Å². The van der Waals surface area contributed by atoms with Gasteiger partial charge in [-0.15, -0.1) is 11.3 Å². The van der Waals surface area contributed by atoms with Gasteiger partial charge in [-0.25, -0.2) is 4.98 Å². The van der Waals surface area contributed by atoms with Crippen molar-refractivity contribution in [3.8, 4) is 0 Å². The molecule has 4 nitrogen and oxygen atoms in total. The second-order valence-corrected chi connectivity index (χ2v) is 6.80. The summed E-state index contributed by atoms with van der Waals surface area (Å²) in [5.74, 6) is -0.112. The fourth-order valence-corrected chi connectivity index (χ4v) is 3.53. The van der Waals surface area contributed by atoms with Crippen molar-refractivity contribution in [2.24, 2.45) is 7.05 Å². The molecule has 2 aromatic carbocycles. The van der Waals surface area contributed by atoms with Crippen molar-refractivity contribution in [1.82, 2.24) is 9.55 Å². The van der Waals surface area contributed by atoms with Crippen LogP contribution in [0.15, 0.2) is 48.7 Å². The average molecular weight is 321 g/mol. The van der Waals surface area contributed by atoms with Crippen LogP contribution in [0.5, 0.6) is 0 Å². The second kappa shape index (κ2) is 5.21. The highest BCUT2D eigenvalue weighted by Crippen LogP contribution is 2.25. The SMILES string of the molecule is Cc1nc2cc(NC(=O)c3ccc4ccn(C)c4c3)ccc2s1. The molecule has 23 heavy (non-hydrogen) atoms.